The molecule has 0 spiro atoms. The number of benzene rings is 3. The Morgan fingerprint density at radius 2 is 1.12 bits per heavy atom. The maximum atomic E-state index is 12.0. The van der Waals surface area contributed by atoms with Crippen molar-refractivity contribution >= 4 is 16.3 Å². The summed E-state index contributed by atoms with van der Waals surface area (Å²) in [5.41, 5.74) is 1.18. The van der Waals surface area contributed by atoms with Gasteiger partial charge in [-0.25, -0.2) is 0 Å². The average molecular weight is 336 g/mol. The molecule has 0 radical (unpaired) electrons. The molecule has 3 aromatic rings. The third-order valence-electron chi connectivity index (χ3n) is 3.75. The van der Waals surface area contributed by atoms with Crippen LogP contribution in [0, 0.1) is 6.92 Å². The summed E-state index contributed by atoms with van der Waals surface area (Å²) < 4.78 is 6.08. The molecule has 3 rings (SSSR count). The molecule has 0 heterocycles. The van der Waals surface area contributed by atoms with Crippen molar-refractivity contribution in [2.24, 2.45) is 0 Å². The highest BCUT2D eigenvalue weighted by atomic mass is 32.3. The molecule has 0 saturated carbocycles. The normalized spacial score (nSPS) is 11.8. The second-order valence-corrected chi connectivity index (χ2v) is 8.26. The van der Waals surface area contributed by atoms with Gasteiger partial charge in [0, 0.05) is 21.6 Å². The zero-order valence-corrected chi connectivity index (χ0v) is 14.6. The molecular weight excluding hydrogens is 316 g/mol. The van der Waals surface area contributed by atoms with E-state index in [1.807, 2.05) is 60.7 Å². The molecule has 122 valence electrons. The highest BCUT2D eigenvalue weighted by molar-refractivity contribution is 8.30. The molecule has 0 unspecified atom stereocenters. The van der Waals surface area contributed by atoms with Crippen LogP contribution in [0.3, 0.4) is 0 Å². The Bertz CT molecular complexity index is 772. The number of carbonyl (C=O) groups excluding carboxylic acids is 1. The Hall–Kier alpha value is -2.52. The fourth-order valence-corrected chi connectivity index (χ4v) is 5.74. The summed E-state index contributed by atoms with van der Waals surface area (Å²) in [4.78, 5) is 15.1. The summed E-state index contributed by atoms with van der Waals surface area (Å²) in [6.07, 6.45) is 0. The molecule has 24 heavy (non-hydrogen) atoms. The Kier molecular flexibility index (Phi) is 4.72. The summed E-state index contributed by atoms with van der Waals surface area (Å²) in [6, 6.07) is 28.3. The minimum atomic E-state index is -2.10. The molecule has 3 aromatic carbocycles. The van der Waals surface area contributed by atoms with E-state index in [1.54, 1.807) is 0 Å². The second kappa shape index (κ2) is 6.93. The Morgan fingerprint density at radius 1 is 0.708 bits per heavy atom. The van der Waals surface area contributed by atoms with Gasteiger partial charge >= 0.3 is 5.97 Å². The largest absolute Gasteiger partial charge is 0.402 e. The minimum absolute atomic E-state index is 0.279. The monoisotopic (exact) mass is 336 g/mol. The number of hydrogen-bond acceptors (Lipinski definition) is 2. The van der Waals surface area contributed by atoms with E-state index < -0.39 is 10.3 Å². The SMILES string of the molecule is CC(=O)OS(c1ccccc1)(c1ccccc1)c1ccc(C)cc1. The summed E-state index contributed by atoms with van der Waals surface area (Å²) in [5, 5.41) is 0. The van der Waals surface area contributed by atoms with Crippen molar-refractivity contribution in [1.82, 2.24) is 0 Å². The first-order valence-electron chi connectivity index (χ1n) is 7.83. The van der Waals surface area contributed by atoms with Gasteiger partial charge in [-0.1, -0.05) is 54.1 Å². The van der Waals surface area contributed by atoms with Gasteiger partial charge in [0.25, 0.3) is 0 Å². The second-order valence-electron chi connectivity index (χ2n) is 5.57. The molecule has 0 atom stereocenters. The van der Waals surface area contributed by atoms with E-state index in [-0.39, 0.29) is 5.97 Å². The van der Waals surface area contributed by atoms with Crippen molar-refractivity contribution in [2.75, 3.05) is 0 Å². The molecule has 0 fully saturated rings. The van der Waals surface area contributed by atoms with Crippen LogP contribution in [0.2, 0.25) is 0 Å². The first-order valence-corrected chi connectivity index (χ1v) is 9.39. The van der Waals surface area contributed by atoms with Gasteiger partial charge in [-0.15, -0.1) is 0 Å². The van der Waals surface area contributed by atoms with E-state index in [0.29, 0.717) is 0 Å². The van der Waals surface area contributed by atoms with Gasteiger partial charge < -0.3 is 4.18 Å². The lowest BCUT2D eigenvalue weighted by Crippen LogP contribution is -2.11. The van der Waals surface area contributed by atoms with Gasteiger partial charge in [0.05, 0.1) is 0 Å². The number of aryl methyl sites for hydroxylation is 1. The zero-order chi connectivity index (χ0) is 17.0. The third-order valence-corrected chi connectivity index (χ3v) is 7.04. The maximum Gasteiger partial charge on any atom is 0.313 e. The lowest BCUT2D eigenvalue weighted by Gasteiger charge is -2.39. The molecule has 0 bridgehead atoms. The van der Waals surface area contributed by atoms with Crippen LogP contribution in [0.25, 0.3) is 0 Å². The van der Waals surface area contributed by atoms with E-state index in [2.05, 4.69) is 31.2 Å². The fourth-order valence-electron chi connectivity index (χ4n) is 2.68. The van der Waals surface area contributed by atoms with Gasteiger partial charge in [-0.3, -0.25) is 4.79 Å². The van der Waals surface area contributed by atoms with E-state index >= 15 is 0 Å². The smallest absolute Gasteiger partial charge is 0.313 e. The topological polar surface area (TPSA) is 26.3 Å². The van der Waals surface area contributed by atoms with E-state index in [4.69, 9.17) is 4.18 Å². The molecule has 0 N–H and O–H groups in total. The van der Waals surface area contributed by atoms with Crippen LogP contribution in [0.15, 0.2) is 99.6 Å². The first kappa shape index (κ1) is 16.3. The summed E-state index contributed by atoms with van der Waals surface area (Å²) in [6.45, 7) is 3.53. The third kappa shape index (κ3) is 3.08. The molecule has 0 aliphatic heterocycles. The molecule has 0 aliphatic rings. The van der Waals surface area contributed by atoms with Crippen LogP contribution in [0.4, 0.5) is 0 Å². The summed E-state index contributed by atoms with van der Waals surface area (Å²) in [7, 11) is -2.10. The van der Waals surface area contributed by atoms with Crippen molar-refractivity contribution in [3.63, 3.8) is 0 Å². The Labute approximate surface area is 144 Å². The lowest BCUT2D eigenvalue weighted by molar-refractivity contribution is -0.131. The molecule has 3 heteroatoms. The minimum Gasteiger partial charge on any atom is -0.402 e. The van der Waals surface area contributed by atoms with Crippen LogP contribution in [-0.2, 0) is 8.98 Å². The molecule has 0 amide bonds. The van der Waals surface area contributed by atoms with Gasteiger partial charge in [0.15, 0.2) is 0 Å². The van der Waals surface area contributed by atoms with Gasteiger partial charge in [-0.2, -0.15) is 0 Å². The molecule has 0 aromatic heterocycles. The highest BCUT2D eigenvalue weighted by Gasteiger charge is 2.34. The Balaban J connectivity index is 2.32. The number of hydrogen-bond donors (Lipinski definition) is 0. The van der Waals surface area contributed by atoms with E-state index in [9.17, 15) is 4.79 Å². The van der Waals surface area contributed by atoms with Crippen LogP contribution < -0.4 is 0 Å². The van der Waals surface area contributed by atoms with Crippen molar-refractivity contribution in [1.29, 1.82) is 0 Å². The molecular formula is C21H20O2S. The number of rotatable bonds is 4. The van der Waals surface area contributed by atoms with Gasteiger partial charge in [-0.05, 0) is 53.6 Å². The van der Waals surface area contributed by atoms with Crippen LogP contribution >= 0.6 is 10.3 Å². The molecule has 2 nitrogen and oxygen atoms in total. The van der Waals surface area contributed by atoms with E-state index in [0.717, 1.165) is 14.7 Å². The van der Waals surface area contributed by atoms with Crippen molar-refractivity contribution in [3.8, 4) is 0 Å². The van der Waals surface area contributed by atoms with Crippen LogP contribution in [-0.4, -0.2) is 5.97 Å². The predicted octanol–water partition coefficient (Wildman–Crippen LogP) is 5.75. The zero-order valence-electron chi connectivity index (χ0n) is 13.8. The molecule has 0 saturated heterocycles. The van der Waals surface area contributed by atoms with Crippen molar-refractivity contribution in [3.05, 3.63) is 90.5 Å². The highest BCUT2D eigenvalue weighted by Crippen LogP contribution is 2.69. The maximum absolute atomic E-state index is 12.0. The summed E-state index contributed by atoms with van der Waals surface area (Å²) in [5.74, 6) is -0.279. The van der Waals surface area contributed by atoms with Gasteiger partial charge in [0.1, 0.15) is 0 Å². The van der Waals surface area contributed by atoms with Crippen molar-refractivity contribution < 1.29 is 8.98 Å². The summed E-state index contributed by atoms with van der Waals surface area (Å²) >= 11 is 0. The van der Waals surface area contributed by atoms with Crippen molar-refractivity contribution in [2.45, 2.75) is 28.5 Å². The number of carbonyl (C=O) groups is 1. The van der Waals surface area contributed by atoms with E-state index in [1.165, 1.54) is 12.5 Å². The van der Waals surface area contributed by atoms with Gasteiger partial charge in [0.2, 0.25) is 0 Å². The van der Waals surface area contributed by atoms with Crippen LogP contribution in [0.1, 0.15) is 12.5 Å². The first-order chi connectivity index (χ1) is 11.6. The average Bonchev–Trinajstić information content (AvgIpc) is 2.62. The predicted molar refractivity (Wildman–Crippen MR) is 98.2 cm³/mol. The Morgan fingerprint density at radius 3 is 1.54 bits per heavy atom. The molecule has 0 aliphatic carbocycles. The lowest BCUT2D eigenvalue weighted by atomic mass is 10.2. The quantitative estimate of drug-likeness (QED) is 0.606. The fraction of sp³-hybridized carbons (Fsp3) is 0.0952. The van der Waals surface area contributed by atoms with Crippen LogP contribution in [0.5, 0.6) is 0 Å². The standard InChI is InChI=1S/C21H20O2S/c1-17-13-15-21(16-14-17)24(23-18(2)22,19-9-5-3-6-10-19)20-11-7-4-8-12-20/h3-16H,1-2H3.